The molecule has 0 radical (unpaired) electrons. The molecule has 1 aliphatic rings. The summed E-state index contributed by atoms with van der Waals surface area (Å²) in [5.74, 6) is 0.105. The lowest BCUT2D eigenvalue weighted by molar-refractivity contribution is 0.0623. The molecular formula is C16H25N3O. The van der Waals surface area contributed by atoms with Gasteiger partial charge in [0.05, 0.1) is 5.56 Å². The summed E-state index contributed by atoms with van der Waals surface area (Å²) in [5.41, 5.74) is 1.07. The van der Waals surface area contributed by atoms with Crippen LogP contribution in [0.25, 0.3) is 0 Å². The van der Waals surface area contributed by atoms with Crippen molar-refractivity contribution in [1.82, 2.24) is 14.8 Å². The van der Waals surface area contributed by atoms with E-state index in [1.54, 1.807) is 12.4 Å². The number of carbonyl (C=O) groups is 1. The molecule has 20 heavy (non-hydrogen) atoms. The summed E-state index contributed by atoms with van der Waals surface area (Å²) >= 11 is 0. The van der Waals surface area contributed by atoms with Gasteiger partial charge >= 0.3 is 0 Å². The van der Waals surface area contributed by atoms with Gasteiger partial charge in [-0.1, -0.05) is 20.8 Å². The Kier molecular flexibility index (Phi) is 4.76. The van der Waals surface area contributed by atoms with Gasteiger partial charge in [0.25, 0.3) is 5.91 Å². The van der Waals surface area contributed by atoms with Gasteiger partial charge in [-0.25, -0.2) is 0 Å². The van der Waals surface area contributed by atoms with Crippen LogP contribution in [0.4, 0.5) is 0 Å². The van der Waals surface area contributed by atoms with Gasteiger partial charge in [0.2, 0.25) is 0 Å². The van der Waals surface area contributed by atoms with Crippen LogP contribution in [-0.2, 0) is 0 Å². The molecule has 4 heteroatoms. The molecule has 0 N–H and O–H groups in total. The molecule has 4 nitrogen and oxygen atoms in total. The van der Waals surface area contributed by atoms with E-state index in [0.717, 1.165) is 32.7 Å². The lowest BCUT2D eigenvalue weighted by atomic mass is 9.92. The van der Waals surface area contributed by atoms with Gasteiger partial charge in [-0.15, -0.1) is 0 Å². The first kappa shape index (κ1) is 15.0. The fourth-order valence-electron chi connectivity index (χ4n) is 2.34. The van der Waals surface area contributed by atoms with Crippen molar-refractivity contribution in [3.05, 3.63) is 30.1 Å². The van der Waals surface area contributed by atoms with Crippen molar-refractivity contribution >= 4 is 5.91 Å². The van der Waals surface area contributed by atoms with Crippen LogP contribution < -0.4 is 0 Å². The Morgan fingerprint density at radius 1 is 1.25 bits per heavy atom. The Hall–Kier alpha value is -1.42. The highest BCUT2D eigenvalue weighted by Crippen LogP contribution is 2.19. The van der Waals surface area contributed by atoms with Gasteiger partial charge in [0.1, 0.15) is 0 Å². The van der Waals surface area contributed by atoms with E-state index in [2.05, 4.69) is 30.7 Å². The largest absolute Gasteiger partial charge is 0.336 e. The zero-order valence-electron chi connectivity index (χ0n) is 12.8. The SMILES string of the molecule is CC(C)(C)CCN1CCN(C(=O)c2cccnc2)CC1. The molecule has 0 unspecified atom stereocenters. The highest BCUT2D eigenvalue weighted by atomic mass is 16.2. The van der Waals surface area contributed by atoms with Crippen LogP contribution in [0.3, 0.4) is 0 Å². The summed E-state index contributed by atoms with van der Waals surface area (Å²) < 4.78 is 0. The highest BCUT2D eigenvalue weighted by molar-refractivity contribution is 5.93. The smallest absolute Gasteiger partial charge is 0.255 e. The van der Waals surface area contributed by atoms with E-state index in [4.69, 9.17) is 0 Å². The molecule has 1 fully saturated rings. The van der Waals surface area contributed by atoms with Crippen LogP contribution in [-0.4, -0.2) is 53.4 Å². The lowest BCUT2D eigenvalue weighted by Gasteiger charge is -2.36. The van der Waals surface area contributed by atoms with E-state index >= 15 is 0 Å². The van der Waals surface area contributed by atoms with Crippen molar-refractivity contribution in [3.8, 4) is 0 Å². The molecule has 2 rings (SSSR count). The van der Waals surface area contributed by atoms with E-state index in [9.17, 15) is 4.79 Å². The molecule has 1 aromatic rings. The maximum absolute atomic E-state index is 12.3. The lowest BCUT2D eigenvalue weighted by Crippen LogP contribution is -2.49. The van der Waals surface area contributed by atoms with E-state index in [1.807, 2.05) is 17.0 Å². The van der Waals surface area contributed by atoms with Gasteiger partial charge in [-0.2, -0.15) is 0 Å². The Morgan fingerprint density at radius 2 is 1.95 bits per heavy atom. The van der Waals surface area contributed by atoms with Gasteiger partial charge in [-0.3, -0.25) is 14.7 Å². The third-order valence-electron chi connectivity index (χ3n) is 3.75. The summed E-state index contributed by atoms with van der Waals surface area (Å²) in [6.07, 6.45) is 4.54. The number of piperazine rings is 1. The average molecular weight is 275 g/mol. The molecule has 110 valence electrons. The Labute approximate surface area is 121 Å². The predicted molar refractivity (Wildman–Crippen MR) is 80.7 cm³/mol. The number of rotatable bonds is 3. The number of hydrogen-bond donors (Lipinski definition) is 0. The summed E-state index contributed by atoms with van der Waals surface area (Å²) in [7, 11) is 0. The number of hydrogen-bond acceptors (Lipinski definition) is 3. The van der Waals surface area contributed by atoms with E-state index in [0.29, 0.717) is 11.0 Å². The molecule has 0 aromatic carbocycles. The van der Waals surface area contributed by atoms with Crippen LogP contribution in [0.5, 0.6) is 0 Å². The molecule has 1 aromatic heterocycles. The topological polar surface area (TPSA) is 36.4 Å². The minimum Gasteiger partial charge on any atom is -0.336 e. The fourth-order valence-corrected chi connectivity index (χ4v) is 2.34. The first-order chi connectivity index (χ1) is 9.46. The van der Waals surface area contributed by atoms with E-state index < -0.39 is 0 Å². The number of pyridine rings is 1. The molecule has 0 spiro atoms. The zero-order chi connectivity index (χ0) is 14.6. The van der Waals surface area contributed by atoms with Crippen molar-refractivity contribution in [2.75, 3.05) is 32.7 Å². The highest BCUT2D eigenvalue weighted by Gasteiger charge is 2.23. The first-order valence-corrected chi connectivity index (χ1v) is 7.37. The second-order valence-corrected chi connectivity index (χ2v) is 6.69. The van der Waals surface area contributed by atoms with Gasteiger partial charge in [0, 0.05) is 38.6 Å². The Balaban J connectivity index is 1.81. The average Bonchev–Trinajstić information content (AvgIpc) is 2.45. The molecule has 0 aliphatic carbocycles. The van der Waals surface area contributed by atoms with Crippen LogP contribution in [0.2, 0.25) is 0 Å². The first-order valence-electron chi connectivity index (χ1n) is 7.37. The number of carbonyl (C=O) groups excluding carboxylic acids is 1. The quantitative estimate of drug-likeness (QED) is 0.849. The minimum atomic E-state index is 0.105. The molecule has 0 atom stereocenters. The van der Waals surface area contributed by atoms with Gasteiger partial charge in [-0.05, 0) is 30.5 Å². The zero-order valence-corrected chi connectivity index (χ0v) is 12.8. The number of amides is 1. The Morgan fingerprint density at radius 3 is 2.50 bits per heavy atom. The second kappa shape index (κ2) is 6.35. The number of aromatic nitrogens is 1. The van der Waals surface area contributed by atoms with Crippen molar-refractivity contribution in [2.24, 2.45) is 5.41 Å². The molecule has 1 saturated heterocycles. The molecule has 1 amide bonds. The van der Waals surface area contributed by atoms with E-state index in [-0.39, 0.29) is 5.91 Å². The summed E-state index contributed by atoms with van der Waals surface area (Å²) in [6.45, 7) is 11.5. The third kappa shape index (κ3) is 4.30. The summed E-state index contributed by atoms with van der Waals surface area (Å²) in [4.78, 5) is 20.7. The summed E-state index contributed by atoms with van der Waals surface area (Å²) in [6, 6.07) is 3.65. The van der Waals surface area contributed by atoms with Crippen molar-refractivity contribution in [2.45, 2.75) is 27.2 Å². The minimum absolute atomic E-state index is 0.105. The van der Waals surface area contributed by atoms with Crippen molar-refractivity contribution in [1.29, 1.82) is 0 Å². The van der Waals surface area contributed by atoms with Crippen LogP contribution in [0, 0.1) is 5.41 Å². The molecule has 0 bridgehead atoms. The molecule has 1 aliphatic heterocycles. The normalized spacial score (nSPS) is 17.2. The van der Waals surface area contributed by atoms with Crippen LogP contribution in [0.15, 0.2) is 24.5 Å². The Bertz CT molecular complexity index is 431. The fraction of sp³-hybridized carbons (Fsp3) is 0.625. The standard InChI is InChI=1S/C16H25N3O/c1-16(2,3)6-8-18-9-11-19(12-10-18)15(20)14-5-4-7-17-13-14/h4-5,7,13H,6,8-12H2,1-3H3. The van der Waals surface area contributed by atoms with Crippen molar-refractivity contribution < 1.29 is 4.79 Å². The maximum atomic E-state index is 12.3. The van der Waals surface area contributed by atoms with Gasteiger partial charge < -0.3 is 4.90 Å². The van der Waals surface area contributed by atoms with Crippen molar-refractivity contribution in [3.63, 3.8) is 0 Å². The number of nitrogens with zero attached hydrogens (tertiary/aromatic N) is 3. The summed E-state index contributed by atoms with van der Waals surface area (Å²) in [5, 5.41) is 0. The van der Waals surface area contributed by atoms with Gasteiger partial charge in [0.15, 0.2) is 0 Å². The third-order valence-corrected chi connectivity index (χ3v) is 3.75. The monoisotopic (exact) mass is 275 g/mol. The van der Waals surface area contributed by atoms with Crippen LogP contribution in [0.1, 0.15) is 37.6 Å². The van der Waals surface area contributed by atoms with E-state index in [1.165, 1.54) is 6.42 Å². The molecular weight excluding hydrogens is 250 g/mol. The molecule has 0 saturated carbocycles. The predicted octanol–water partition coefficient (Wildman–Crippen LogP) is 2.28. The van der Waals surface area contributed by atoms with Crippen LogP contribution >= 0.6 is 0 Å². The second-order valence-electron chi connectivity index (χ2n) is 6.69. The molecule has 2 heterocycles. The maximum Gasteiger partial charge on any atom is 0.255 e.